The van der Waals surface area contributed by atoms with Gasteiger partial charge in [-0.1, -0.05) is 0 Å². The monoisotopic (exact) mass is 472 g/mol. The molecule has 0 aromatic heterocycles. The molecule has 15 heteroatoms. The molecule has 12 N–H and O–H groups in total. The van der Waals surface area contributed by atoms with Crippen LogP contribution in [0.3, 0.4) is 0 Å². The fourth-order valence-corrected chi connectivity index (χ4v) is 3.29. The number of nitrogens with two attached hydrogens (primary N) is 4. The number of aliphatic hydroxyl groups is 1. The number of amides is 4. The van der Waals surface area contributed by atoms with Crippen molar-refractivity contribution in [1.82, 2.24) is 15.5 Å². The molecule has 0 aromatic carbocycles. The first kappa shape index (κ1) is 27.6. The molecule has 1 saturated heterocycles. The number of hydrogen-bond acceptors (Lipinski definition) is 8. The van der Waals surface area contributed by atoms with Crippen LogP contribution in [0.1, 0.15) is 32.1 Å². The third-order valence-corrected chi connectivity index (χ3v) is 4.96. The largest absolute Gasteiger partial charge is 0.480 e. The van der Waals surface area contributed by atoms with Gasteiger partial charge in [-0.25, -0.2) is 4.79 Å². The number of primary amides is 1. The first-order valence-corrected chi connectivity index (χ1v) is 10.3. The van der Waals surface area contributed by atoms with Crippen molar-refractivity contribution in [2.75, 3.05) is 19.7 Å². The van der Waals surface area contributed by atoms with Crippen LogP contribution in [0.2, 0.25) is 0 Å². The highest BCUT2D eigenvalue weighted by molar-refractivity contribution is 5.95. The van der Waals surface area contributed by atoms with Crippen LogP contribution >= 0.6 is 0 Å². The Kier molecular flexibility index (Phi) is 11.0. The van der Waals surface area contributed by atoms with Crippen molar-refractivity contribution < 1.29 is 34.2 Å². The van der Waals surface area contributed by atoms with Crippen molar-refractivity contribution in [3.05, 3.63) is 0 Å². The van der Waals surface area contributed by atoms with Gasteiger partial charge in [0, 0.05) is 13.1 Å². The van der Waals surface area contributed by atoms with Crippen molar-refractivity contribution in [1.29, 1.82) is 0 Å². The zero-order valence-electron chi connectivity index (χ0n) is 18.1. The van der Waals surface area contributed by atoms with Crippen LogP contribution in [0.5, 0.6) is 0 Å². The van der Waals surface area contributed by atoms with Crippen LogP contribution in [0, 0.1) is 0 Å². The summed E-state index contributed by atoms with van der Waals surface area (Å²) in [4.78, 5) is 65.0. The molecule has 1 aliphatic heterocycles. The molecule has 0 radical (unpaired) electrons. The van der Waals surface area contributed by atoms with Crippen molar-refractivity contribution in [2.24, 2.45) is 27.9 Å². The van der Waals surface area contributed by atoms with E-state index in [4.69, 9.17) is 28.0 Å². The molecule has 0 aromatic rings. The van der Waals surface area contributed by atoms with E-state index in [1.165, 1.54) is 4.90 Å². The average molecular weight is 473 g/mol. The van der Waals surface area contributed by atoms with Gasteiger partial charge in [-0.3, -0.25) is 24.2 Å². The maximum Gasteiger partial charge on any atom is 0.326 e. The van der Waals surface area contributed by atoms with E-state index in [0.29, 0.717) is 32.2 Å². The molecule has 0 aliphatic carbocycles. The number of carboxylic acid groups (broad SMARTS) is 1. The van der Waals surface area contributed by atoms with Gasteiger partial charge in [-0.15, -0.1) is 0 Å². The normalized spacial score (nSPS) is 18.0. The van der Waals surface area contributed by atoms with Gasteiger partial charge in [0.15, 0.2) is 5.96 Å². The van der Waals surface area contributed by atoms with Gasteiger partial charge in [0.25, 0.3) is 0 Å². The van der Waals surface area contributed by atoms with E-state index < -0.39 is 66.8 Å². The van der Waals surface area contributed by atoms with Gasteiger partial charge in [0.1, 0.15) is 18.1 Å². The molecular formula is C18H32N8O7. The maximum atomic E-state index is 12.7. The van der Waals surface area contributed by atoms with Gasteiger partial charge < -0.3 is 48.7 Å². The number of carbonyl (C=O) groups excluding carboxylic acids is 4. The van der Waals surface area contributed by atoms with Crippen LogP contribution < -0.4 is 33.6 Å². The van der Waals surface area contributed by atoms with Crippen molar-refractivity contribution in [3.8, 4) is 0 Å². The van der Waals surface area contributed by atoms with Crippen molar-refractivity contribution >= 4 is 35.6 Å². The van der Waals surface area contributed by atoms with Crippen LogP contribution in [-0.2, 0) is 24.0 Å². The van der Waals surface area contributed by atoms with Crippen LogP contribution in [-0.4, -0.2) is 94.5 Å². The van der Waals surface area contributed by atoms with E-state index in [2.05, 4.69) is 10.3 Å². The van der Waals surface area contributed by atoms with Gasteiger partial charge >= 0.3 is 5.97 Å². The minimum atomic E-state index is -1.62. The van der Waals surface area contributed by atoms with Gasteiger partial charge in [-0.05, 0) is 25.7 Å². The van der Waals surface area contributed by atoms with E-state index in [9.17, 15) is 29.1 Å². The highest BCUT2D eigenvalue weighted by Gasteiger charge is 2.37. The third kappa shape index (κ3) is 8.89. The van der Waals surface area contributed by atoms with Gasteiger partial charge in [0.2, 0.25) is 23.6 Å². The lowest BCUT2D eigenvalue weighted by Crippen LogP contribution is -2.57. The summed E-state index contributed by atoms with van der Waals surface area (Å²) in [5.74, 6) is -4.71. The lowest BCUT2D eigenvalue weighted by molar-refractivity contribution is -0.144. The summed E-state index contributed by atoms with van der Waals surface area (Å²) in [5, 5.41) is 22.9. The number of aliphatic carboxylic acids is 1. The molecule has 0 spiro atoms. The molecule has 1 aliphatic rings. The number of aliphatic imine (C=N–C) groups is 1. The number of aliphatic hydroxyl groups excluding tert-OH is 1. The lowest BCUT2D eigenvalue weighted by Gasteiger charge is -2.28. The summed E-state index contributed by atoms with van der Waals surface area (Å²) in [5.41, 5.74) is 21.4. The van der Waals surface area contributed by atoms with Crippen LogP contribution in [0.25, 0.3) is 0 Å². The van der Waals surface area contributed by atoms with Crippen LogP contribution in [0.4, 0.5) is 0 Å². The molecule has 186 valence electrons. The highest BCUT2D eigenvalue weighted by atomic mass is 16.4. The number of nitrogens with zero attached hydrogens (tertiary/aromatic N) is 2. The smallest absolute Gasteiger partial charge is 0.326 e. The van der Waals surface area contributed by atoms with E-state index >= 15 is 0 Å². The maximum absolute atomic E-state index is 12.7. The number of carboxylic acids is 1. The predicted molar refractivity (Wildman–Crippen MR) is 115 cm³/mol. The molecule has 15 nitrogen and oxygen atoms in total. The standard InChI is InChI=1S/C18H32N8O7/c19-9(3-1-5-23-18(21)22)16(31)26-6-2-4-12(26)15(30)25-11(8-27)14(29)24-10(17(32)33)7-13(20)28/h9-12,27H,1-8,19H2,(H2,20,28)(H,24,29)(H,25,30)(H,32,33)(H4,21,22,23). The summed E-state index contributed by atoms with van der Waals surface area (Å²) in [6.07, 6.45) is 0.924. The second kappa shape index (κ2) is 13.2. The van der Waals surface area contributed by atoms with Gasteiger partial charge in [-0.2, -0.15) is 0 Å². The Bertz CT molecular complexity index is 771. The molecule has 1 heterocycles. The minimum absolute atomic E-state index is 0.0713. The fourth-order valence-electron chi connectivity index (χ4n) is 3.29. The van der Waals surface area contributed by atoms with E-state index in [1.807, 2.05) is 5.32 Å². The first-order valence-electron chi connectivity index (χ1n) is 10.3. The van der Waals surface area contributed by atoms with Gasteiger partial charge in [0.05, 0.1) is 19.1 Å². The Morgan fingerprint density at radius 1 is 1.09 bits per heavy atom. The average Bonchev–Trinajstić information content (AvgIpc) is 3.23. The van der Waals surface area contributed by atoms with E-state index in [-0.39, 0.29) is 12.5 Å². The Hall–Kier alpha value is -3.46. The van der Waals surface area contributed by atoms with Crippen molar-refractivity contribution in [3.63, 3.8) is 0 Å². The molecular weight excluding hydrogens is 440 g/mol. The Balaban J connectivity index is 2.73. The first-order chi connectivity index (χ1) is 15.5. The molecule has 0 bridgehead atoms. The number of nitrogens with one attached hydrogen (secondary N) is 2. The Morgan fingerprint density at radius 2 is 1.76 bits per heavy atom. The molecule has 33 heavy (non-hydrogen) atoms. The molecule has 4 unspecified atom stereocenters. The zero-order valence-corrected chi connectivity index (χ0v) is 18.1. The number of carbonyl (C=O) groups is 5. The molecule has 1 fully saturated rings. The molecule has 4 atom stereocenters. The molecule has 4 amide bonds. The predicted octanol–water partition coefficient (Wildman–Crippen LogP) is -4.72. The number of likely N-dealkylation sites (tertiary alicyclic amines) is 1. The highest BCUT2D eigenvalue weighted by Crippen LogP contribution is 2.19. The summed E-state index contributed by atoms with van der Waals surface area (Å²) in [7, 11) is 0. The zero-order chi connectivity index (χ0) is 25.1. The SMILES string of the molecule is NC(=O)CC(NC(=O)C(CO)NC(=O)C1CCCN1C(=O)C(N)CCCN=C(N)N)C(=O)O. The number of guanidine groups is 1. The summed E-state index contributed by atoms with van der Waals surface area (Å²) >= 11 is 0. The summed E-state index contributed by atoms with van der Waals surface area (Å²) in [6.45, 7) is -0.257. The van der Waals surface area contributed by atoms with Crippen molar-refractivity contribution in [2.45, 2.75) is 56.3 Å². The Labute approximate surface area is 189 Å². The summed E-state index contributed by atoms with van der Waals surface area (Å²) < 4.78 is 0. The fraction of sp³-hybridized carbons (Fsp3) is 0.667. The molecule has 0 saturated carbocycles. The second-order valence-corrected chi connectivity index (χ2v) is 7.56. The topological polar surface area (TPSA) is 270 Å². The molecule has 1 rings (SSSR count). The quantitative estimate of drug-likeness (QED) is 0.0720. The van der Waals surface area contributed by atoms with Crippen LogP contribution in [0.15, 0.2) is 4.99 Å². The van der Waals surface area contributed by atoms with E-state index in [0.717, 1.165) is 0 Å². The number of rotatable bonds is 13. The second-order valence-electron chi connectivity index (χ2n) is 7.56. The third-order valence-electron chi connectivity index (χ3n) is 4.96. The summed E-state index contributed by atoms with van der Waals surface area (Å²) in [6, 6.07) is -4.92. The Morgan fingerprint density at radius 3 is 2.30 bits per heavy atom. The number of hydrogen-bond donors (Lipinski definition) is 8. The minimum Gasteiger partial charge on any atom is -0.480 e. The lowest BCUT2D eigenvalue weighted by atomic mass is 10.1. The van der Waals surface area contributed by atoms with E-state index in [1.54, 1.807) is 0 Å².